The molecule has 0 aromatic heterocycles. The highest BCUT2D eigenvalue weighted by atomic mass is 19.3. The molecule has 1 heterocycles. The number of rotatable bonds is 6. The van der Waals surface area contributed by atoms with Gasteiger partial charge in [-0.1, -0.05) is 0 Å². The zero-order valence-electron chi connectivity index (χ0n) is 13.2. The van der Waals surface area contributed by atoms with Crippen LogP contribution in [0.1, 0.15) is 18.4 Å². The van der Waals surface area contributed by atoms with Crippen LogP contribution in [0.2, 0.25) is 0 Å². The number of carbonyl (C=O) groups excluding carboxylic acids is 1. The van der Waals surface area contributed by atoms with Crippen LogP contribution in [0.4, 0.5) is 14.5 Å². The summed E-state index contributed by atoms with van der Waals surface area (Å²) in [7, 11) is 1.57. The second-order valence-corrected chi connectivity index (χ2v) is 5.62. The monoisotopic (exact) mass is 343 g/mol. The fourth-order valence-corrected chi connectivity index (χ4v) is 2.87. The van der Waals surface area contributed by atoms with Crippen molar-refractivity contribution < 1.29 is 23.2 Å². The van der Waals surface area contributed by atoms with E-state index in [1.165, 1.54) is 12.1 Å². The maximum Gasteiger partial charge on any atom is 0.387 e. The largest absolute Gasteiger partial charge is 0.434 e. The molecule has 1 aliphatic heterocycles. The second kappa shape index (κ2) is 8.00. The summed E-state index contributed by atoms with van der Waals surface area (Å²) in [6.45, 7) is -1.65. The highest BCUT2D eigenvalue weighted by Crippen LogP contribution is 2.28. The molecule has 0 saturated carbocycles. The summed E-state index contributed by atoms with van der Waals surface area (Å²) in [5.74, 6) is -0.331. The van der Waals surface area contributed by atoms with Crippen LogP contribution in [-0.2, 0) is 11.3 Å². The first-order valence-corrected chi connectivity index (χ1v) is 7.56. The molecular weight excluding hydrogens is 324 g/mol. The molecule has 9 heteroatoms. The SMILES string of the molecule is CNC(=O)C1CCCN(Cc2cc([N+](=O)[O-])ccc2OC(F)F)C1. The number of non-ortho nitro benzene ring substituents is 1. The zero-order chi connectivity index (χ0) is 17.7. The minimum atomic E-state index is -3.01. The lowest BCUT2D eigenvalue weighted by molar-refractivity contribution is -0.385. The third-order valence-electron chi connectivity index (χ3n) is 3.99. The summed E-state index contributed by atoms with van der Waals surface area (Å²) in [6.07, 6.45) is 1.55. The lowest BCUT2D eigenvalue weighted by atomic mass is 9.96. The predicted molar refractivity (Wildman–Crippen MR) is 81.8 cm³/mol. The van der Waals surface area contributed by atoms with Crippen molar-refractivity contribution in [3.05, 3.63) is 33.9 Å². The average molecular weight is 343 g/mol. The quantitative estimate of drug-likeness (QED) is 0.632. The number of amides is 1. The fourth-order valence-electron chi connectivity index (χ4n) is 2.87. The number of hydrogen-bond donors (Lipinski definition) is 1. The summed E-state index contributed by atoms with van der Waals surface area (Å²) < 4.78 is 29.5. The third kappa shape index (κ3) is 4.60. The molecule has 24 heavy (non-hydrogen) atoms. The molecule has 1 unspecified atom stereocenters. The number of hydrogen-bond acceptors (Lipinski definition) is 5. The van der Waals surface area contributed by atoms with Crippen LogP contribution < -0.4 is 10.1 Å². The molecule has 1 aliphatic rings. The average Bonchev–Trinajstić information content (AvgIpc) is 2.55. The number of nitrogens with one attached hydrogen (secondary N) is 1. The highest BCUT2D eigenvalue weighted by molar-refractivity contribution is 5.78. The third-order valence-corrected chi connectivity index (χ3v) is 3.99. The molecule has 2 rings (SSSR count). The maximum atomic E-state index is 12.5. The molecule has 1 saturated heterocycles. The molecule has 0 aliphatic carbocycles. The van der Waals surface area contributed by atoms with Gasteiger partial charge in [-0.2, -0.15) is 8.78 Å². The van der Waals surface area contributed by atoms with Crippen LogP contribution in [0.5, 0.6) is 5.75 Å². The number of nitro benzene ring substituents is 1. The number of alkyl halides is 2. The van der Waals surface area contributed by atoms with Gasteiger partial charge in [-0.25, -0.2) is 0 Å². The number of nitrogens with zero attached hydrogens (tertiary/aromatic N) is 2. The molecule has 1 atom stereocenters. The van der Waals surface area contributed by atoms with Gasteiger partial charge in [0.25, 0.3) is 5.69 Å². The van der Waals surface area contributed by atoms with Gasteiger partial charge in [-0.15, -0.1) is 0 Å². The van der Waals surface area contributed by atoms with Crippen molar-refractivity contribution in [2.24, 2.45) is 5.92 Å². The molecular formula is C15H19F2N3O4. The summed E-state index contributed by atoms with van der Waals surface area (Å²) in [4.78, 5) is 24.0. The van der Waals surface area contributed by atoms with Gasteiger partial charge in [0, 0.05) is 37.8 Å². The fraction of sp³-hybridized carbons (Fsp3) is 0.533. The van der Waals surface area contributed by atoms with Crippen molar-refractivity contribution in [2.75, 3.05) is 20.1 Å². The van der Waals surface area contributed by atoms with Crippen LogP contribution in [0.15, 0.2) is 18.2 Å². The minimum Gasteiger partial charge on any atom is -0.434 e. The predicted octanol–water partition coefficient (Wildman–Crippen LogP) is 2.15. The molecule has 132 valence electrons. The Balaban J connectivity index is 2.18. The Morgan fingerprint density at radius 3 is 2.92 bits per heavy atom. The van der Waals surface area contributed by atoms with Gasteiger partial charge < -0.3 is 10.1 Å². The second-order valence-electron chi connectivity index (χ2n) is 5.62. The topological polar surface area (TPSA) is 84.7 Å². The van der Waals surface area contributed by atoms with Gasteiger partial charge in [-0.05, 0) is 25.5 Å². The zero-order valence-corrected chi connectivity index (χ0v) is 13.2. The van der Waals surface area contributed by atoms with Crippen molar-refractivity contribution >= 4 is 11.6 Å². The number of ether oxygens (including phenoxy) is 1. The molecule has 1 fully saturated rings. The first kappa shape index (κ1) is 18.1. The molecule has 0 radical (unpaired) electrons. The van der Waals surface area contributed by atoms with Crippen LogP contribution in [0.25, 0.3) is 0 Å². The first-order chi connectivity index (χ1) is 11.4. The standard InChI is InChI=1S/C15H19F2N3O4/c1-18-14(21)10-3-2-6-19(8-10)9-11-7-12(20(22)23)4-5-13(11)24-15(16)17/h4-5,7,10,15H,2-3,6,8-9H2,1H3,(H,18,21). The van der Waals surface area contributed by atoms with Crippen molar-refractivity contribution in [1.29, 1.82) is 0 Å². The number of piperidine rings is 1. The maximum absolute atomic E-state index is 12.5. The van der Waals surface area contributed by atoms with Gasteiger partial charge in [-0.3, -0.25) is 19.8 Å². The summed E-state index contributed by atoms with van der Waals surface area (Å²) in [5.41, 5.74) is 0.119. The molecule has 0 bridgehead atoms. The smallest absolute Gasteiger partial charge is 0.387 e. The van der Waals surface area contributed by atoms with E-state index in [9.17, 15) is 23.7 Å². The molecule has 7 nitrogen and oxygen atoms in total. The number of likely N-dealkylation sites (tertiary alicyclic amines) is 1. The summed E-state index contributed by atoms with van der Waals surface area (Å²) in [5, 5.41) is 13.5. The number of benzene rings is 1. The van der Waals surface area contributed by atoms with Crippen molar-refractivity contribution in [2.45, 2.75) is 26.0 Å². The molecule has 1 aromatic carbocycles. The Labute approximate surface area is 137 Å². The lowest BCUT2D eigenvalue weighted by Crippen LogP contribution is -2.41. The van der Waals surface area contributed by atoms with E-state index in [0.29, 0.717) is 18.7 Å². The number of carbonyl (C=O) groups is 1. The van der Waals surface area contributed by atoms with E-state index in [-0.39, 0.29) is 29.8 Å². The summed E-state index contributed by atoms with van der Waals surface area (Å²) >= 11 is 0. The van der Waals surface area contributed by atoms with Crippen LogP contribution >= 0.6 is 0 Å². The Kier molecular flexibility index (Phi) is 6.02. The van der Waals surface area contributed by atoms with Gasteiger partial charge in [0.05, 0.1) is 10.8 Å². The molecule has 1 amide bonds. The number of nitro groups is 1. The van der Waals surface area contributed by atoms with E-state index in [1.807, 2.05) is 4.90 Å². The Morgan fingerprint density at radius 2 is 2.29 bits per heavy atom. The van der Waals surface area contributed by atoms with Crippen molar-refractivity contribution in [3.63, 3.8) is 0 Å². The van der Waals surface area contributed by atoms with E-state index in [0.717, 1.165) is 18.9 Å². The lowest BCUT2D eigenvalue weighted by Gasteiger charge is -2.32. The van der Waals surface area contributed by atoms with Crippen molar-refractivity contribution in [3.8, 4) is 5.75 Å². The van der Waals surface area contributed by atoms with Crippen LogP contribution in [0, 0.1) is 16.0 Å². The molecule has 1 N–H and O–H groups in total. The van der Waals surface area contributed by atoms with E-state index in [2.05, 4.69) is 10.1 Å². The normalized spacial score (nSPS) is 18.4. The van der Waals surface area contributed by atoms with E-state index in [1.54, 1.807) is 7.05 Å². The Hall–Kier alpha value is -2.29. The Morgan fingerprint density at radius 1 is 1.54 bits per heavy atom. The summed E-state index contributed by atoms with van der Waals surface area (Å²) in [6, 6.07) is 3.55. The van der Waals surface area contributed by atoms with E-state index < -0.39 is 11.5 Å². The van der Waals surface area contributed by atoms with Crippen LogP contribution in [-0.4, -0.2) is 42.5 Å². The molecule has 0 spiro atoms. The minimum absolute atomic E-state index is 0.0669. The Bertz CT molecular complexity index is 612. The van der Waals surface area contributed by atoms with Gasteiger partial charge in [0.1, 0.15) is 5.75 Å². The first-order valence-electron chi connectivity index (χ1n) is 7.56. The highest BCUT2D eigenvalue weighted by Gasteiger charge is 2.26. The van der Waals surface area contributed by atoms with E-state index in [4.69, 9.17) is 0 Å². The van der Waals surface area contributed by atoms with Gasteiger partial charge in [0.2, 0.25) is 5.91 Å². The molecule has 1 aromatic rings. The van der Waals surface area contributed by atoms with Crippen molar-refractivity contribution in [1.82, 2.24) is 10.2 Å². The number of halogens is 2. The van der Waals surface area contributed by atoms with Gasteiger partial charge >= 0.3 is 6.61 Å². The van der Waals surface area contributed by atoms with Crippen LogP contribution in [0.3, 0.4) is 0 Å². The van der Waals surface area contributed by atoms with E-state index >= 15 is 0 Å². The van der Waals surface area contributed by atoms with Gasteiger partial charge in [0.15, 0.2) is 0 Å².